The molecule has 22 heavy (non-hydrogen) atoms. The number of likely N-dealkylation sites (N-methyl/N-ethyl adjacent to an activating group) is 1. The molecule has 1 aromatic carbocycles. The van der Waals surface area contributed by atoms with Crippen LogP contribution in [0.1, 0.15) is 31.9 Å². The third kappa shape index (κ3) is 5.26. The van der Waals surface area contributed by atoms with Crippen LogP contribution in [0.2, 0.25) is 0 Å². The van der Waals surface area contributed by atoms with Crippen molar-refractivity contribution >= 4 is 5.96 Å². The van der Waals surface area contributed by atoms with Gasteiger partial charge in [0.05, 0.1) is 12.6 Å². The van der Waals surface area contributed by atoms with E-state index in [2.05, 4.69) is 22.5 Å². The van der Waals surface area contributed by atoms with E-state index in [1.54, 1.807) is 19.0 Å². The summed E-state index contributed by atoms with van der Waals surface area (Å²) in [5, 5.41) is 6.30. The van der Waals surface area contributed by atoms with E-state index in [1.165, 1.54) is 18.2 Å². The van der Waals surface area contributed by atoms with E-state index < -0.39 is 17.7 Å². The van der Waals surface area contributed by atoms with E-state index >= 15 is 0 Å². The maximum atomic E-state index is 14.0. The number of aliphatic imine (C=N–C) groups is 1. The highest BCUT2D eigenvalue weighted by Gasteiger charge is 2.22. The minimum absolute atomic E-state index is 0.0580. The Bertz CT molecular complexity index is 469. The standard InChI is InChI=1S/C16H26F2N4/c1-5-10-20-16(19-6-2)21-11-14(22(3)4)15-12(17)8-7-9-13(15)18/h7-9,14H,5-6,10-11H2,1-4H3,(H2,19,20,21). The summed E-state index contributed by atoms with van der Waals surface area (Å²) < 4.78 is 28.0. The van der Waals surface area contributed by atoms with E-state index in [0.29, 0.717) is 5.96 Å². The molecule has 1 aromatic rings. The van der Waals surface area contributed by atoms with Crippen LogP contribution in [0.5, 0.6) is 0 Å². The Labute approximate surface area is 131 Å². The molecular weight excluding hydrogens is 286 g/mol. The lowest BCUT2D eigenvalue weighted by Crippen LogP contribution is -2.38. The largest absolute Gasteiger partial charge is 0.357 e. The van der Waals surface area contributed by atoms with Crippen molar-refractivity contribution in [1.82, 2.24) is 15.5 Å². The molecule has 0 saturated carbocycles. The molecule has 0 aliphatic heterocycles. The van der Waals surface area contributed by atoms with Crippen LogP contribution in [0.4, 0.5) is 8.78 Å². The Hall–Kier alpha value is -1.69. The molecule has 0 aliphatic rings. The van der Waals surface area contributed by atoms with Gasteiger partial charge in [-0.2, -0.15) is 0 Å². The number of nitrogens with zero attached hydrogens (tertiary/aromatic N) is 2. The molecule has 0 aromatic heterocycles. The molecular formula is C16H26F2N4. The highest BCUT2D eigenvalue weighted by molar-refractivity contribution is 5.79. The number of benzene rings is 1. The van der Waals surface area contributed by atoms with Crippen LogP contribution in [0.3, 0.4) is 0 Å². The predicted molar refractivity (Wildman–Crippen MR) is 87.1 cm³/mol. The van der Waals surface area contributed by atoms with Gasteiger partial charge in [-0.3, -0.25) is 4.99 Å². The van der Waals surface area contributed by atoms with Gasteiger partial charge in [-0.15, -0.1) is 0 Å². The van der Waals surface area contributed by atoms with Gasteiger partial charge < -0.3 is 15.5 Å². The third-order valence-electron chi connectivity index (χ3n) is 3.27. The number of rotatable bonds is 7. The average Bonchev–Trinajstić information content (AvgIpc) is 2.47. The summed E-state index contributed by atoms with van der Waals surface area (Å²) in [6.45, 7) is 5.84. The van der Waals surface area contributed by atoms with Crippen molar-refractivity contribution in [3.8, 4) is 0 Å². The minimum atomic E-state index is -0.541. The molecule has 4 nitrogen and oxygen atoms in total. The molecule has 124 valence electrons. The second-order valence-corrected chi connectivity index (χ2v) is 5.26. The topological polar surface area (TPSA) is 39.7 Å². The average molecular weight is 312 g/mol. The van der Waals surface area contributed by atoms with E-state index in [1.807, 2.05) is 6.92 Å². The van der Waals surface area contributed by atoms with Crippen LogP contribution in [0, 0.1) is 11.6 Å². The molecule has 6 heteroatoms. The van der Waals surface area contributed by atoms with Gasteiger partial charge >= 0.3 is 0 Å². The molecule has 0 spiro atoms. The molecule has 1 rings (SSSR count). The van der Waals surface area contributed by atoms with Gasteiger partial charge in [-0.1, -0.05) is 13.0 Å². The third-order valence-corrected chi connectivity index (χ3v) is 3.27. The maximum absolute atomic E-state index is 14.0. The SMILES string of the molecule is CCCNC(=NCC(c1c(F)cccc1F)N(C)C)NCC. The van der Waals surface area contributed by atoms with E-state index in [0.717, 1.165) is 19.5 Å². The molecule has 2 N–H and O–H groups in total. The molecule has 0 fully saturated rings. The second-order valence-electron chi connectivity index (χ2n) is 5.26. The van der Waals surface area contributed by atoms with Crippen LogP contribution in [-0.2, 0) is 0 Å². The summed E-state index contributed by atoms with van der Waals surface area (Å²) >= 11 is 0. The first-order valence-corrected chi connectivity index (χ1v) is 7.63. The zero-order valence-electron chi connectivity index (χ0n) is 13.8. The zero-order valence-corrected chi connectivity index (χ0v) is 13.8. The Morgan fingerprint density at radius 2 is 1.82 bits per heavy atom. The Morgan fingerprint density at radius 3 is 2.32 bits per heavy atom. The molecule has 0 amide bonds. The minimum Gasteiger partial charge on any atom is -0.357 e. The summed E-state index contributed by atoms with van der Waals surface area (Å²) in [5.74, 6) is -0.422. The van der Waals surface area contributed by atoms with Crippen LogP contribution in [0.15, 0.2) is 23.2 Å². The summed E-state index contributed by atoms with van der Waals surface area (Å²) in [7, 11) is 3.58. The van der Waals surface area contributed by atoms with E-state index in [9.17, 15) is 8.78 Å². The first-order chi connectivity index (χ1) is 10.5. The van der Waals surface area contributed by atoms with E-state index in [4.69, 9.17) is 0 Å². The quantitative estimate of drug-likeness (QED) is 0.600. The zero-order chi connectivity index (χ0) is 16.5. The van der Waals surface area contributed by atoms with Gasteiger partial charge in [0.15, 0.2) is 5.96 Å². The first kappa shape index (κ1) is 18.4. The second kappa shape index (κ2) is 9.35. The molecule has 1 unspecified atom stereocenters. The Morgan fingerprint density at radius 1 is 1.18 bits per heavy atom. The molecule has 0 aliphatic carbocycles. The number of guanidine groups is 1. The molecule has 0 radical (unpaired) electrons. The van der Waals surface area contributed by atoms with Crippen molar-refractivity contribution in [3.05, 3.63) is 35.4 Å². The van der Waals surface area contributed by atoms with Crippen LogP contribution < -0.4 is 10.6 Å². The lowest BCUT2D eigenvalue weighted by Gasteiger charge is -2.24. The van der Waals surface area contributed by atoms with Crippen molar-refractivity contribution in [2.45, 2.75) is 26.3 Å². The van der Waals surface area contributed by atoms with Gasteiger partial charge in [0, 0.05) is 18.7 Å². The lowest BCUT2D eigenvalue weighted by atomic mass is 10.0. The molecule has 0 bridgehead atoms. The summed E-state index contributed by atoms with van der Waals surface area (Å²) in [6, 6.07) is 3.47. The van der Waals surface area contributed by atoms with E-state index in [-0.39, 0.29) is 12.1 Å². The number of hydrogen-bond donors (Lipinski definition) is 2. The summed E-state index contributed by atoms with van der Waals surface area (Å²) in [5.41, 5.74) is 0.0580. The first-order valence-electron chi connectivity index (χ1n) is 7.63. The summed E-state index contributed by atoms with van der Waals surface area (Å²) in [4.78, 5) is 6.22. The van der Waals surface area contributed by atoms with Crippen LogP contribution in [0.25, 0.3) is 0 Å². The predicted octanol–water partition coefficient (Wildman–Crippen LogP) is 2.53. The van der Waals surface area contributed by atoms with Crippen molar-refractivity contribution < 1.29 is 8.78 Å². The smallest absolute Gasteiger partial charge is 0.191 e. The maximum Gasteiger partial charge on any atom is 0.191 e. The molecule has 0 saturated heterocycles. The van der Waals surface area contributed by atoms with Gasteiger partial charge in [-0.25, -0.2) is 8.78 Å². The van der Waals surface area contributed by atoms with Crippen molar-refractivity contribution in [2.24, 2.45) is 4.99 Å². The number of halogens is 2. The van der Waals surface area contributed by atoms with Crippen molar-refractivity contribution in [2.75, 3.05) is 33.7 Å². The van der Waals surface area contributed by atoms with Crippen molar-refractivity contribution in [3.63, 3.8) is 0 Å². The summed E-state index contributed by atoms with van der Waals surface area (Å²) in [6.07, 6.45) is 0.976. The number of hydrogen-bond acceptors (Lipinski definition) is 2. The molecule has 1 atom stereocenters. The molecule has 0 heterocycles. The lowest BCUT2D eigenvalue weighted by molar-refractivity contribution is 0.290. The van der Waals surface area contributed by atoms with Gasteiger partial charge in [0.25, 0.3) is 0 Å². The monoisotopic (exact) mass is 312 g/mol. The normalized spacial score (nSPS) is 13.3. The fraction of sp³-hybridized carbons (Fsp3) is 0.562. The fourth-order valence-electron chi connectivity index (χ4n) is 2.10. The van der Waals surface area contributed by atoms with Crippen molar-refractivity contribution in [1.29, 1.82) is 0 Å². The highest BCUT2D eigenvalue weighted by Crippen LogP contribution is 2.24. The highest BCUT2D eigenvalue weighted by atomic mass is 19.1. The fourth-order valence-corrected chi connectivity index (χ4v) is 2.10. The van der Waals surface area contributed by atoms with Gasteiger partial charge in [0.2, 0.25) is 0 Å². The Kier molecular flexibility index (Phi) is 7.80. The van der Waals surface area contributed by atoms with Crippen LogP contribution >= 0.6 is 0 Å². The van der Waals surface area contributed by atoms with Gasteiger partial charge in [0.1, 0.15) is 11.6 Å². The van der Waals surface area contributed by atoms with Gasteiger partial charge in [-0.05, 0) is 39.6 Å². The Balaban J connectivity index is 2.96. The number of nitrogens with one attached hydrogen (secondary N) is 2. The van der Waals surface area contributed by atoms with Crippen LogP contribution in [-0.4, -0.2) is 44.6 Å².